The fourth-order valence-electron chi connectivity index (χ4n) is 3.42. The third kappa shape index (κ3) is 3.49. The number of likely N-dealkylation sites (tertiary alicyclic amines) is 1. The minimum atomic E-state index is -0.0574. The molecule has 142 valence electrons. The molecule has 4 rings (SSSR count). The quantitative estimate of drug-likeness (QED) is 0.755. The molecule has 0 spiro atoms. The number of rotatable bonds is 4. The van der Waals surface area contributed by atoms with Crippen LogP contribution in [0.3, 0.4) is 0 Å². The van der Waals surface area contributed by atoms with Crippen LogP contribution in [0, 0.1) is 11.3 Å². The van der Waals surface area contributed by atoms with Gasteiger partial charge < -0.3 is 19.4 Å². The van der Waals surface area contributed by atoms with Gasteiger partial charge in [-0.05, 0) is 30.3 Å². The second kappa shape index (κ2) is 7.61. The predicted molar refractivity (Wildman–Crippen MR) is 103 cm³/mol. The summed E-state index contributed by atoms with van der Waals surface area (Å²) in [7, 11) is 1.62. The number of carbonyl (C=O) groups excluding carboxylic acids is 1. The molecule has 28 heavy (non-hydrogen) atoms. The third-order valence-electron chi connectivity index (χ3n) is 4.96. The van der Waals surface area contributed by atoms with Gasteiger partial charge in [-0.25, -0.2) is 4.98 Å². The van der Waals surface area contributed by atoms with E-state index in [0.29, 0.717) is 43.1 Å². The Hall–Kier alpha value is -3.53. The summed E-state index contributed by atoms with van der Waals surface area (Å²) >= 11 is 0. The average molecular weight is 376 g/mol. The highest BCUT2D eigenvalue weighted by atomic mass is 16.5. The molecule has 1 N–H and O–H groups in total. The Morgan fingerprint density at radius 2 is 2.11 bits per heavy atom. The maximum absolute atomic E-state index is 12.9. The third-order valence-corrected chi connectivity index (χ3v) is 4.96. The van der Waals surface area contributed by atoms with Crippen molar-refractivity contribution < 1.29 is 14.3 Å². The number of nitrogens with zero attached hydrogens (tertiary/aromatic N) is 3. The van der Waals surface area contributed by atoms with Gasteiger partial charge >= 0.3 is 0 Å². The summed E-state index contributed by atoms with van der Waals surface area (Å²) in [4.78, 5) is 22.0. The number of hydrogen-bond acceptors (Lipinski definition) is 5. The van der Waals surface area contributed by atoms with Gasteiger partial charge in [-0.15, -0.1) is 0 Å². The highest BCUT2D eigenvalue weighted by Gasteiger charge is 2.26. The first kappa shape index (κ1) is 17.9. The van der Waals surface area contributed by atoms with Gasteiger partial charge in [0.2, 0.25) is 5.88 Å². The Bertz CT molecular complexity index is 1050. The molecule has 0 saturated carbocycles. The van der Waals surface area contributed by atoms with E-state index in [4.69, 9.17) is 14.7 Å². The maximum atomic E-state index is 12.9. The first-order valence-electron chi connectivity index (χ1n) is 9.16. The van der Waals surface area contributed by atoms with Crippen molar-refractivity contribution in [2.75, 3.05) is 20.2 Å². The lowest BCUT2D eigenvalue weighted by molar-refractivity contribution is 0.0583. The van der Waals surface area contributed by atoms with Gasteiger partial charge in [-0.2, -0.15) is 5.26 Å². The molecule has 1 aliphatic heterocycles. The van der Waals surface area contributed by atoms with E-state index < -0.39 is 0 Å². The zero-order valence-electron chi connectivity index (χ0n) is 15.5. The van der Waals surface area contributed by atoms with Crippen LogP contribution < -0.4 is 9.47 Å². The lowest BCUT2D eigenvalue weighted by atomic mass is 10.1. The standard InChI is InChI=1S/C21H20N4O3/c1-27-17-5-4-14-11-19(24-18(14)12-17)21(26)25-9-6-16(7-10-25)28-20-15(13-22)3-2-8-23-20/h2-5,8,11-12,16,24H,6-7,9-10H2,1H3. The summed E-state index contributed by atoms with van der Waals surface area (Å²) in [6.07, 6.45) is 2.94. The van der Waals surface area contributed by atoms with Crippen molar-refractivity contribution >= 4 is 16.8 Å². The summed E-state index contributed by atoms with van der Waals surface area (Å²) in [6, 6.07) is 13.0. The van der Waals surface area contributed by atoms with Crippen molar-refractivity contribution in [3.8, 4) is 17.7 Å². The van der Waals surface area contributed by atoms with Crippen LogP contribution in [0.2, 0.25) is 0 Å². The highest BCUT2D eigenvalue weighted by Crippen LogP contribution is 2.24. The lowest BCUT2D eigenvalue weighted by Gasteiger charge is -2.31. The Labute approximate surface area is 162 Å². The van der Waals surface area contributed by atoms with Crippen molar-refractivity contribution in [1.82, 2.24) is 14.9 Å². The molecule has 7 heteroatoms. The van der Waals surface area contributed by atoms with Crippen molar-refractivity contribution in [2.45, 2.75) is 18.9 Å². The molecule has 0 atom stereocenters. The zero-order chi connectivity index (χ0) is 19.5. The van der Waals surface area contributed by atoms with Crippen LogP contribution in [-0.2, 0) is 0 Å². The van der Waals surface area contributed by atoms with Gasteiger partial charge in [0.05, 0.1) is 7.11 Å². The van der Waals surface area contributed by atoms with Gasteiger partial charge in [0.1, 0.15) is 29.2 Å². The average Bonchev–Trinajstić information content (AvgIpc) is 3.17. The molecule has 1 amide bonds. The maximum Gasteiger partial charge on any atom is 0.270 e. The summed E-state index contributed by atoms with van der Waals surface area (Å²) in [6.45, 7) is 1.19. The van der Waals surface area contributed by atoms with Crippen LogP contribution in [-0.4, -0.2) is 47.1 Å². The van der Waals surface area contributed by atoms with Crippen molar-refractivity contribution in [3.05, 3.63) is 53.9 Å². The molecule has 3 aromatic rings. The highest BCUT2D eigenvalue weighted by molar-refractivity contribution is 5.98. The number of nitriles is 1. The molecule has 1 aromatic carbocycles. The summed E-state index contributed by atoms with van der Waals surface area (Å²) in [5.74, 6) is 1.08. The van der Waals surface area contributed by atoms with Crippen molar-refractivity contribution in [1.29, 1.82) is 5.26 Å². The second-order valence-corrected chi connectivity index (χ2v) is 6.71. The van der Waals surface area contributed by atoms with Crippen LogP contribution in [0.15, 0.2) is 42.6 Å². The Balaban J connectivity index is 1.41. The number of carbonyl (C=O) groups is 1. The molecular weight excluding hydrogens is 356 g/mol. The number of aromatic nitrogens is 2. The van der Waals surface area contributed by atoms with Gasteiger partial charge in [0.25, 0.3) is 5.91 Å². The first-order valence-corrected chi connectivity index (χ1v) is 9.16. The summed E-state index contributed by atoms with van der Waals surface area (Å²) in [5, 5.41) is 10.1. The molecule has 1 aliphatic rings. The Morgan fingerprint density at radius 1 is 1.29 bits per heavy atom. The fraction of sp³-hybridized carbons (Fsp3) is 0.286. The van der Waals surface area contributed by atoms with E-state index in [1.165, 1.54) is 0 Å². The number of aromatic amines is 1. The number of pyridine rings is 1. The number of fused-ring (bicyclic) bond motifs is 1. The van der Waals surface area contributed by atoms with E-state index in [-0.39, 0.29) is 12.0 Å². The Morgan fingerprint density at radius 3 is 2.86 bits per heavy atom. The van der Waals surface area contributed by atoms with Crippen molar-refractivity contribution in [3.63, 3.8) is 0 Å². The van der Waals surface area contributed by atoms with Gasteiger partial charge in [-0.3, -0.25) is 4.79 Å². The van der Waals surface area contributed by atoms with E-state index in [1.807, 2.05) is 29.2 Å². The molecule has 2 aromatic heterocycles. The van der Waals surface area contributed by atoms with Gasteiger partial charge in [0.15, 0.2) is 0 Å². The number of nitrogens with one attached hydrogen (secondary N) is 1. The van der Waals surface area contributed by atoms with Crippen LogP contribution in [0.4, 0.5) is 0 Å². The minimum Gasteiger partial charge on any atom is -0.497 e. The molecule has 0 radical (unpaired) electrons. The molecule has 3 heterocycles. The lowest BCUT2D eigenvalue weighted by Crippen LogP contribution is -2.42. The number of ether oxygens (including phenoxy) is 2. The predicted octanol–water partition coefficient (Wildman–Crippen LogP) is 3.13. The smallest absolute Gasteiger partial charge is 0.270 e. The topological polar surface area (TPSA) is 91.2 Å². The molecule has 7 nitrogen and oxygen atoms in total. The SMILES string of the molecule is COc1ccc2cc(C(=O)N3CCC(Oc4ncccc4C#N)CC3)[nH]c2c1. The molecule has 0 aliphatic carbocycles. The van der Waals surface area contributed by atoms with Crippen LogP contribution >= 0.6 is 0 Å². The van der Waals surface area contributed by atoms with Gasteiger partial charge in [-0.1, -0.05) is 0 Å². The summed E-state index contributed by atoms with van der Waals surface area (Å²) < 4.78 is 11.1. The van der Waals surface area contributed by atoms with Crippen molar-refractivity contribution in [2.24, 2.45) is 0 Å². The van der Waals surface area contributed by atoms with E-state index >= 15 is 0 Å². The number of methoxy groups -OCH3 is 1. The molecule has 1 saturated heterocycles. The van der Waals surface area contributed by atoms with Crippen LogP contribution in [0.25, 0.3) is 10.9 Å². The first-order chi connectivity index (χ1) is 13.7. The van der Waals surface area contributed by atoms with E-state index in [1.54, 1.807) is 25.4 Å². The van der Waals surface area contributed by atoms with Gasteiger partial charge in [0, 0.05) is 49.1 Å². The number of H-pyrrole nitrogens is 1. The Kier molecular flexibility index (Phi) is 4.85. The molecule has 0 bridgehead atoms. The largest absolute Gasteiger partial charge is 0.497 e. The van der Waals surface area contributed by atoms with Crippen LogP contribution in [0.1, 0.15) is 28.9 Å². The van der Waals surface area contributed by atoms with E-state index in [2.05, 4.69) is 16.0 Å². The molecule has 1 fully saturated rings. The number of piperidine rings is 1. The van der Waals surface area contributed by atoms with E-state index in [0.717, 1.165) is 16.7 Å². The normalized spacial score (nSPS) is 14.6. The fourth-order valence-corrected chi connectivity index (χ4v) is 3.42. The summed E-state index contributed by atoms with van der Waals surface area (Å²) in [5.41, 5.74) is 1.87. The second-order valence-electron chi connectivity index (χ2n) is 6.71. The van der Waals surface area contributed by atoms with E-state index in [9.17, 15) is 4.79 Å². The zero-order valence-corrected chi connectivity index (χ0v) is 15.5. The van der Waals surface area contributed by atoms with Crippen LogP contribution in [0.5, 0.6) is 11.6 Å². The number of amides is 1. The monoisotopic (exact) mass is 376 g/mol. The minimum absolute atomic E-state index is 0.0239. The molecular formula is C21H20N4O3. The number of benzene rings is 1. The number of hydrogen-bond donors (Lipinski definition) is 1. The molecule has 0 unspecified atom stereocenters.